The smallest absolute Gasteiger partial charge is 0.138 e. The Labute approximate surface area is 149 Å². The van der Waals surface area contributed by atoms with E-state index in [9.17, 15) is 0 Å². The van der Waals surface area contributed by atoms with Crippen molar-refractivity contribution in [3.8, 4) is 11.5 Å². The van der Waals surface area contributed by atoms with Crippen molar-refractivity contribution in [2.24, 2.45) is 5.92 Å². The first kappa shape index (κ1) is 18.5. The van der Waals surface area contributed by atoms with Gasteiger partial charge in [0.15, 0.2) is 0 Å². The maximum absolute atomic E-state index is 6.11. The number of rotatable bonds is 9. The van der Waals surface area contributed by atoms with E-state index in [1.165, 1.54) is 0 Å². The summed E-state index contributed by atoms with van der Waals surface area (Å²) >= 11 is 6.11. The molecule has 1 atom stereocenters. The quantitative estimate of drug-likeness (QED) is 0.636. The molecule has 0 amide bonds. The molecule has 0 aliphatic rings. The third kappa shape index (κ3) is 6.32. The average molecular weight is 348 g/mol. The lowest BCUT2D eigenvalue weighted by Gasteiger charge is -2.17. The van der Waals surface area contributed by atoms with Gasteiger partial charge < -0.3 is 14.8 Å². The van der Waals surface area contributed by atoms with E-state index in [0.717, 1.165) is 24.5 Å². The summed E-state index contributed by atoms with van der Waals surface area (Å²) in [6.07, 6.45) is 1.05. The number of halogens is 1. The summed E-state index contributed by atoms with van der Waals surface area (Å²) in [5.74, 6) is 2.24. The number of nitrogens with one attached hydrogen (secondary N) is 1. The standard InChI is InChI=1S/C20H26ClNO2/c1-15(2)11-12-23-18-8-6-7-17(13-18)22-14-16(3)24-20-10-5-4-9-19(20)21/h4-10,13,15-16,22H,11-12,14H2,1-3H3. The summed E-state index contributed by atoms with van der Waals surface area (Å²) in [4.78, 5) is 0. The topological polar surface area (TPSA) is 30.5 Å². The Bertz CT molecular complexity index is 631. The molecular weight excluding hydrogens is 322 g/mol. The zero-order chi connectivity index (χ0) is 17.4. The van der Waals surface area contributed by atoms with E-state index in [2.05, 4.69) is 19.2 Å². The zero-order valence-corrected chi connectivity index (χ0v) is 15.3. The van der Waals surface area contributed by atoms with E-state index >= 15 is 0 Å². The van der Waals surface area contributed by atoms with Crippen LogP contribution in [0.15, 0.2) is 48.5 Å². The first-order chi connectivity index (χ1) is 11.5. The first-order valence-electron chi connectivity index (χ1n) is 8.42. The Balaban J connectivity index is 1.82. The van der Waals surface area contributed by atoms with Crippen LogP contribution in [0.1, 0.15) is 27.2 Å². The summed E-state index contributed by atoms with van der Waals surface area (Å²) in [6, 6.07) is 15.5. The predicted octanol–water partition coefficient (Wildman–Crippen LogP) is 5.64. The lowest BCUT2D eigenvalue weighted by Crippen LogP contribution is -2.22. The van der Waals surface area contributed by atoms with Crippen molar-refractivity contribution in [3.63, 3.8) is 0 Å². The van der Waals surface area contributed by atoms with Crippen LogP contribution in [-0.4, -0.2) is 19.3 Å². The average Bonchev–Trinajstić information content (AvgIpc) is 2.55. The van der Waals surface area contributed by atoms with Crippen LogP contribution in [0, 0.1) is 5.92 Å². The van der Waals surface area contributed by atoms with E-state index in [-0.39, 0.29) is 6.10 Å². The summed E-state index contributed by atoms with van der Waals surface area (Å²) < 4.78 is 11.6. The number of ether oxygens (including phenoxy) is 2. The monoisotopic (exact) mass is 347 g/mol. The van der Waals surface area contributed by atoms with Gasteiger partial charge in [0.05, 0.1) is 18.2 Å². The molecular formula is C20H26ClNO2. The molecule has 2 rings (SSSR count). The number of para-hydroxylation sites is 1. The minimum Gasteiger partial charge on any atom is -0.494 e. The van der Waals surface area contributed by atoms with Gasteiger partial charge in [-0.25, -0.2) is 0 Å². The minimum atomic E-state index is -0.00424. The molecule has 0 aliphatic heterocycles. The largest absolute Gasteiger partial charge is 0.494 e. The van der Waals surface area contributed by atoms with Crippen molar-refractivity contribution < 1.29 is 9.47 Å². The highest BCUT2D eigenvalue weighted by molar-refractivity contribution is 6.32. The van der Waals surface area contributed by atoms with Crippen molar-refractivity contribution in [2.45, 2.75) is 33.3 Å². The van der Waals surface area contributed by atoms with Crippen LogP contribution in [-0.2, 0) is 0 Å². The van der Waals surface area contributed by atoms with Crippen LogP contribution in [0.25, 0.3) is 0 Å². The van der Waals surface area contributed by atoms with Crippen LogP contribution in [0.3, 0.4) is 0 Å². The van der Waals surface area contributed by atoms with Crippen LogP contribution in [0.4, 0.5) is 5.69 Å². The lowest BCUT2D eigenvalue weighted by atomic mass is 10.1. The molecule has 0 fully saturated rings. The van der Waals surface area contributed by atoms with Crippen molar-refractivity contribution in [1.82, 2.24) is 0 Å². The number of hydrogen-bond acceptors (Lipinski definition) is 3. The second-order valence-corrected chi connectivity index (χ2v) is 6.71. The Morgan fingerprint density at radius 3 is 2.58 bits per heavy atom. The fourth-order valence-electron chi connectivity index (χ4n) is 2.17. The van der Waals surface area contributed by atoms with Gasteiger partial charge in [0.2, 0.25) is 0 Å². The maximum Gasteiger partial charge on any atom is 0.138 e. The predicted molar refractivity (Wildman–Crippen MR) is 101 cm³/mol. The van der Waals surface area contributed by atoms with Gasteiger partial charge >= 0.3 is 0 Å². The molecule has 24 heavy (non-hydrogen) atoms. The molecule has 2 aromatic rings. The zero-order valence-electron chi connectivity index (χ0n) is 14.6. The van der Waals surface area contributed by atoms with Crippen molar-refractivity contribution in [3.05, 3.63) is 53.6 Å². The van der Waals surface area contributed by atoms with Crippen molar-refractivity contribution in [1.29, 1.82) is 0 Å². The molecule has 0 aliphatic carbocycles. The second-order valence-electron chi connectivity index (χ2n) is 6.30. The van der Waals surface area contributed by atoms with Gasteiger partial charge in [-0.2, -0.15) is 0 Å². The number of anilines is 1. The summed E-state index contributed by atoms with van der Waals surface area (Å²) in [7, 11) is 0. The highest BCUT2D eigenvalue weighted by atomic mass is 35.5. The van der Waals surface area contributed by atoms with Crippen molar-refractivity contribution in [2.75, 3.05) is 18.5 Å². The van der Waals surface area contributed by atoms with Gasteiger partial charge in [-0.15, -0.1) is 0 Å². The normalized spacial score (nSPS) is 12.0. The number of hydrogen-bond donors (Lipinski definition) is 1. The van der Waals surface area contributed by atoms with Gasteiger partial charge in [-0.1, -0.05) is 43.6 Å². The molecule has 1 N–H and O–H groups in total. The third-order valence-electron chi connectivity index (χ3n) is 3.56. The first-order valence-corrected chi connectivity index (χ1v) is 8.80. The fourth-order valence-corrected chi connectivity index (χ4v) is 2.35. The Kier molecular flexibility index (Phi) is 7.26. The fraction of sp³-hybridized carbons (Fsp3) is 0.400. The Hall–Kier alpha value is -1.87. The highest BCUT2D eigenvalue weighted by Gasteiger charge is 2.07. The molecule has 130 valence electrons. The van der Waals surface area contributed by atoms with E-state index < -0.39 is 0 Å². The molecule has 0 bridgehead atoms. The molecule has 0 aromatic heterocycles. The van der Waals surface area contributed by atoms with Crippen LogP contribution < -0.4 is 14.8 Å². The summed E-state index contributed by atoms with van der Waals surface area (Å²) in [5.41, 5.74) is 1.02. The summed E-state index contributed by atoms with van der Waals surface area (Å²) in [5, 5.41) is 4.01. The molecule has 0 saturated heterocycles. The molecule has 0 heterocycles. The van der Waals surface area contributed by atoms with Gasteiger partial charge in [0.1, 0.15) is 17.6 Å². The van der Waals surface area contributed by atoms with Gasteiger partial charge in [0, 0.05) is 11.8 Å². The second kappa shape index (κ2) is 9.43. The van der Waals surface area contributed by atoms with Gasteiger partial charge in [-0.3, -0.25) is 0 Å². The molecule has 0 radical (unpaired) electrons. The molecule has 0 spiro atoms. The van der Waals surface area contributed by atoms with Crippen LogP contribution >= 0.6 is 11.6 Å². The Morgan fingerprint density at radius 1 is 1.04 bits per heavy atom. The lowest BCUT2D eigenvalue weighted by molar-refractivity contribution is 0.235. The molecule has 1 unspecified atom stereocenters. The third-order valence-corrected chi connectivity index (χ3v) is 3.87. The maximum atomic E-state index is 6.11. The SMILES string of the molecule is CC(C)CCOc1cccc(NCC(C)Oc2ccccc2Cl)c1. The van der Waals surface area contributed by atoms with E-state index in [1.54, 1.807) is 0 Å². The van der Waals surface area contributed by atoms with E-state index in [4.69, 9.17) is 21.1 Å². The Morgan fingerprint density at radius 2 is 1.83 bits per heavy atom. The van der Waals surface area contributed by atoms with Crippen LogP contribution in [0.2, 0.25) is 5.02 Å². The minimum absolute atomic E-state index is 0.00424. The number of benzene rings is 2. The highest BCUT2D eigenvalue weighted by Crippen LogP contribution is 2.24. The molecule has 3 nitrogen and oxygen atoms in total. The summed E-state index contributed by atoms with van der Waals surface area (Å²) in [6.45, 7) is 7.83. The van der Waals surface area contributed by atoms with Crippen LogP contribution in [0.5, 0.6) is 11.5 Å². The molecule has 2 aromatic carbocycles. The van der Waals surface area contributed by atoms with E-state index in [1.807, 2.05) is 55.5 Å². The molecule has 0 saturated carbocycles. The molecule has 4 heteroatoms. The van der Waals surface area contributed by atoms with Crippen molar-refractivity contribution >= 4 is 17.3 Å². The van der Waals surface area contributed by atoms with E-state index in [0.29, 0.717) is 23.2 Å². The van der Waals surface area contributed by atoms with Gasteiger partial charge in [-0.05, 0) is 43.5 Å². The van der Waals surface area contributed by atoms with Gasteiger partial charge in [0.25, 0.3) is 0 Å².